The van der Waals surface area contributed by atoms with Crippen molar-refractivity contribution in [2.45, 2.75) is 18.9 Å². The fourth-order valence-electron chi connectivity index (χ4n) is 2.79. The normalized spacial score (nSPS) is 22.3. The lowest BCUT2D eigenvalue weighted by atomic mass is 9.95. The van der Waals surface area contributed by atoms with Gasteiger partial charge in [0.25, 0.3) is 0 Å². The van der Waals surface area contributed by atoms with Crippen LogP contribution in [-0.4, -0.2) is 21.8 Å². The molecule has 2 aromatic rings. The van der Waals surface area contributed by atoms with Gasteiger partial charge in [0.15, 0.2) is 0 Å². The van der Waals surface area contributed by atoms with Crippen LogP contribution in [0.15, 0.2) is 24.5 Å². The first-order valence-electron chi connectivity index (χ1n) is 6.53. The number of H-pyrrole nitrogens is 1. The largest absolute Gasteiger partial charge is 0.508 e. The quantitative estimate of drug-likeness (QED) is 0.815. The van der Waals surface area contributed by atoms with Gasteiger partial charge >= 0.3 is 0 Å². The third kappa shape index (κ3) is 2.64. The summed E-state index contributed by atoms with van der Waals surface area (Å²) < 4.78 is 0. The van der Waals surface area contributed by atoms with Crippen LogP contribution >= 0.6 is 23.2 Å². The molecule has 1 fully saturated rings. The molecule has 1 aliphatic rings. The molecule has 0 bridgehead atoms. The fourth-order valence-corrected chi connectivity index (χ4v) is 3.25. The zero-order chi connectivity index (χ0) is 14.1. The highest BCUT2D eigenvalue weighted by Gasteiger charge is 2.29. The summed E-state index contributed by atoms with van der Waals surface area (Å²) in [5, 5.41) is 21.1. The van der Waals surface area contributed by atoms with Gasteiger partial charge in [-0.1, -0.05) is 23.2 Å². The van der Waals surface area contributed by atoms with Crippen LogP contribution in [0.2, 0.25) is 10.0 Å². The van der Waals surface area contributed by atoms with Crippen molar-refractivity contribution in [1.82, 2.24) is 15.5 Å². The van der Waals surface area contributed by atoms with Gasteiger partial charge in [-0.15, -0.1) is 0 Å². The molecule has 4 nitrogen and oxygen atoms in total. The Morgan fingerprint density at radius 2 is 2.20 bits per heavy atom. The van der Waals surface area contributed by atoms with Crippen LogP contribution in [0.4, 0.5) is 0 Å². The average molecular weight is 312 g/mol. The van der Waals surface area contributed by atoms with E-state index < -0.39 is 0 Å². The average Bonchev–Trinajstić information content (AvgIpc) is 3.07. The summed E-state index contributed by atoms with van der Waals surface area (Å²) in [7, 11) is 0. The highest BCUT2D eigenvalue weighted by Crippen LogP contribution is 2.41. The Hall–Kier alpha value is -1.23. The summed E-state index contributed by atoms with van der Waals surface area (Å²) in [5.74, 6) is 0.688. The molecule has 0 amide bonds. The van der Waals surface area contributed by atoms with Crippen molar-refractivity contribution in [2.75, 3.05) is 6.54 Å². The minimum Gasteiger partial charge on any atom is -0.508 e. The molecule has 0 saturated carbocycles. The summed E-state index contributed by atoms with van der Waals surface area (Å²) in [6.45, 7) is 0.887. The lowest BCUT2D eigenvalue weighted by Crippen LogP contribution is -2.14. The number of aromatic amines is 1. The van der Waals surface area contributed by atoms with Crippen LogP contribution in [0.5, 0.6) is 5.75 Å². The standard InChI is InChI=1S/C14H15Cl2N3O/c15-10-1-2-12(20)13(14(10)16)11-4-8(5-17-11)3-9-6-18-19-7-9/h1-2,6-8,11,17,20H,3-5H2,(H,18,19)/t8-,11-/m1/s1. The van der Waals surface area contributed by atoms with Gasteiger partial charge in [0.05, 0.1) is 16.2 Å². The van der Waals surface area contributed by atoms with Crippen molar-refractivity contribution in [3.63, 3.8) is 0 Å². The molecule has 20 heavy (non-hydrogen) atoms. The topological polar surface area (TPSA) is 60.9 Å². The molecule has 0 aliphatic carbocycles. The van der Waals surface area contributed by atoms with Crippen LogP contribution in [0.25, 0.3) is 0 Å². The minimum absolute atomic E-state index is 0.0399. The monoisotopic (exact) mass is 311 g/mol. The predicted octanol–water partition coefficient (Wildman–Crippen LogP) is 3.32. The number of hydrogen-bond donors (Lipinski definition) is 3. The second-order valence-corrected chi connectivity index (χ2v) is 5.95. The Labute approximate surface area is 127 Å². The Kier molecular flexibility index (Phi) is 3.87. The van der Waals surface area contributed by atoms with Gasteiger partial charge in [-0.2, -0.15) is 5.10 Å². The number of nitrogens with zero attached hydrogens (tertiary/aromatic N) is 1. The molecule has 3 N–H and O–H groups in total. The van der Waals surface area contributed by atoms with Crippen LogP contribution in [0, 0.1) is 5.92 Å². The first kappa shape index (κ1) is 13.7. The molecule has 1 aliphatic heterocycles. The second-order valence-electron chi connectivity index (χ2n) is 5.17. The van der Waals surface area contributed by atoms with Crippen molar-refractivity contribution in [1.29, 1.82) is 0 Å². The summed E-state index contributed by atoms with van der Waals surface area (Å²) in [4.78, 5) is 0. The van der Waals surface area contributed by atoms with E-state index in [0.717, 1.165) is 19.4 Å². The number of nitrogens with one attached hydrogen (secondary N) is 2. The van der Waals surface area contributed by atoms with E-state index in [4.69, 9.17) is 23.2 Å². The van der Waals surface area contributed by atoms with Gasteiger partial charge in [-0.05, 0) is 43.0 Å². The Balaban J connectivity index is 1.76. The molecule has 3 rings (SSSR count). The zero-order valence-corrected chi connectivity index (χ0v) is 12.2. The lowest BCUT2D eigenvalue weighted by Gasteiger charge is -2.15. The van der Waals surface area contributed by atoms with Crippen molar-refractivity contribution < 1.29 is 5.11 Å². The zero-order valence-electron chi connectivity index (χ0n) is 10.7. The summed E-state index contributed by atoms with van der Waals surface area (Å²) in [5.41, 5.74) is 1.90. The Morgan fingerprint density at radius 1 is 1.35 bits per heavy atom. The van der Waals surface area contributed by atoms with Gasteiger partial charge in [0.2, 0.25) is 0 Å². The van der Waals surface area contributed by atoms with E-state index in [-0.39, 0.29) is 11.8 Å². The van der Waals surface area contributed by atoms with Gasteiger partial charge in [0, 0.05) is 17.8 Å². The number of rotatable bonds is 3. The maximum Gasteiger partial charge on any atom is 0.121 e. The van der Waals surface area contributed by atoms with E-state index in [1.165, 1.54) is 5.56 Å². The molecule has 0 spiro atoms. The number of hydrogen-bond acceptors (Lipinski definition) is 3. The van der Waals surface area contributed by atoms with Crippen LogP contribution in [-0.2, 0) is 6.42 Å². The molecular weight excluding hydrogens is 297 g/mol. The molecule has 0 unspecified atom stereocenters. The van der Waals surface area contributed by atoms with Crippen molar-refractivity contribution in [3.8, 4) is 5.75 Å². The maximum atomic E-state index is 10.0. The van der Waals surface area contributed by atoms with Crippen LogP contribution in [0.3, 0.4) is 0 Å². The second kappa shape index (κ2) is 5.64. The molecule has 2 atom stereocenters. The Morgan fingerprint density at radius 3 is 2.95 bits per heavy atom. The predicted molar refractivity (Wildman–Crippen MR) is 79.3 cm³/mol. The molecule has 2 heterocycles. The maximum absolute atomic E-state index is 10.0. The molecule has 0 radical (unpaired) electrons. The minimum atomic E-state index is 0.0399. The number of phenolic OH excluding ortho intramolecular Hbond substituents is 1. The van der Waals surface area contributed by atoms with Gasteiger partial charge < -0.3 is 10.4 Å². The smallest absolute Gasteiger partial charge is 0.121 e. The van der Waals surface area contributed by atoms with Crippen molar-refractivity contribution in [3.05, 3.63) is 45.7 Å². The summed E-state index contributed by atoms with van der Waals surface area (Å²) in [6, 6.07) is 3.24. The third-order valence-electron chi connectivity index (χ3n) is 3.76. The van der Waals surface area contributed by atoms with E-state index in [0.29, 0.717) is 21.5 Å². The van der Waals surface area contributed by atoms with Crippen LogP contribution in [0.1, 0.15) is 23.6 Å². The van der Waals surface area contributed by atoms with Crippen molar-refractivity contribution in [2.24, 2.45) is 5.92 Å². The molecule has 1 saturated heterocycles. The third-order valence-corrected chi connectivity index (χ3v) is 4.58. The molecule has 6 heteroatoms. The fraction of sp³-hybridized carbons (Fsp3) is 0.357. The molecule has 1 aromatic heterocycles. The van der Waals surface area contributed by atoms with Gasteiger partial charge in [0.1, 0.15) is 5.75 Å². The van der Waals surface area contributed by atoms with Crippen molar-refractivity contribution >= 4 is 23.2 Å². The first-order chi connectivity index (χ1) is 9.65. The van der Waals surface area contributed by atoms with E-state index in [1.807, 2.05) is 12.4 Å². The summed E-state index contributed by atoms with van der Waals surface area (Å²) >= 11 is 12.3. The number of aromatic nitrogens is 2. The SMILES string of the molecule is Oc1ccc(Cl)c(Cl)c1[C@H]1C[C@@H](Cc2cn[nH]c2)CN1. The number of phenols is 1. The number of benzene rings is 1. The molecule has 106 valence electrons. The van der Waals surface area contributed by atoms with E-state index in [9.17, 15) is 5.11 Å². The van der Waals surface area contributed by atoms with E-state index in [1.54, 1.807) is 12.1 Å². The Bertz CT molecular complexity index is 601. The van der Waals surface area contributed by atoms with Crippen LogP contribution < -0.4 is 5.32 Å². The van der Waals surface area contributed by atoms with Gasteiger partial charge in [-0.25, -0.2) is 0 Å². The van der Waals surface area contributed by atoms with Gasteiger partial charge in [-0.3, -0.25) is 5.10 Å². The first-order valence-corrected chi connectivity index (χ1v) is 7.28. The highest BCUT2D eigenvalue weighted by atomic mass is 35.5. The lowest BCUT2D eigenvalue weighted by molar-refractivity contribution is 0.455. The van der Waals surface area contributed by atoms with E-state index in [2.05, 4.69) is 15.5 Å². The molecule has 1 aromatic carbocycles. The highest BCUT2D eigenvalue weighted by molar-refractivity contribution is 6.42. The number of halogens is 2. The molecular formula is C14H15Cl2N3O. The number of aromatic hydroxyl groups is 1. The summed E-state index contributed by atoms with van der Waals surface area (Å²) in [6.07, 6.45) is 5.63. The van der Waals surface area contributed by atoms with E-state index >= 15 is 0 Å².